The Kier molecular flexibility index (Phi) is 6.32. The number of para-hydroxylation sites is 1. The van der Waals surface area contributed by atoms with Crippen LogP contribution in [-0.4, -0.2) is 34.0 Å². The van der Waals surface area contributed by atoms with E-state index in [1.54, 1.807) is 6.07 Å². The van der Waals surface area contributed by atoms with Crippen molar-refractivity contribution in [3.8, 4) is 11.5 Å². The summed E-state index contributed by atoms with van der Waals surface area (Å²) in [5.41, 5.74) is 0.0888. The van der Waals surface area contributed by atoms with Crippen molar-refractivity contribution in [3.63, 3.8) is 0 Å². The van der Waals surface area contributed by atoms with Crippen molar-refractivity contribution in [2.45, 2.75) is 17.2 Å². The molecule has 0 fully saturated rings. The van der Waals surface area contributed by atoms with Crippen molar-refractivity contribution in [2.24, 2.45) is 0 Å². The van der Waals surface area contributed by atoms with Crippen molar-refractivity contribution in [1.82, 2.24) is 0 Å². The summed E-state index contributed by atoms with van der Waals surface area (Å²) in [6.07, 6.45) is -9.44. The number of anilines is 1. The first-order chi connectivity index (χ1) is 12.9. The molecule has 0 aliphatic carbocycles. The zero-order valence-corrected chi connectivity index (χ0v) is 14.7. The predicted molar refractivity (Wildman–Crippen MR) is 86.8 cm³/mol. The van der Waals surface area contributed by atoms with Gasteiger partial charge in [0, 0.05) is 11.8 Å². The molecule has 154 valence electrons. The van der Waals surface area contributed by atoms with Crippen LogP contribution < -0.4 is 14.2 Å². The summed E-state index contributed by atoms with van der Waals surface area (Å²) < 4.78 is 110. The van der Waals surface area contributed by atoms with Crippen LogP contribution in [0.1, 0.15) is 0 Å². The highest BCUT2D eigenvalue weighted by atomic mass is 32.2. The van der Waals surface area contributed by atoms with Gasteiger partial charge in [-0.15, -0.1) is 0 Å². The molecule has 0 atom stereocenters. The normalized spacial score (nSPS) is 12.5. The largest absolute Gasteiger partial charge is 0.484 e. The van der Waals surface area contributed by atoms with Gasteiger partial charge in [0.15, 0.2) is 13.2 Å². The molecule has 0 amide bonds. The summed E-state index contributed by atoms with van der Waals surface area (Å²) >= 11 is 0. The lowest BCUT2D eigenvalue weighted by Crippen LogP contribution is -2.22. The summed E-state index contributed by atoms with van der Waals surface area (Å²) in [5.74, 6) is -1.20. The van der Waals surface area contributed by atoms with E-state index in [1.807, 2.05) is 0 Å². The maximum atomic E-state index is 12.6. The lowest BCUT2D eigenvalue weighted by atomic mass is 10.3. The van der Waals surface area contributed by atoms with Gasteiger partial charge in [-0.25, -0.2) is 8.42 Å². The second kappa shape index (κ2) is 8.17. The van der Waals surface area contributed by atoms with E-state index in [2.05, 4.69) is 14.2 Å². The molecule has 12 heteroatoms. The number of nitrogens with one attached hydrogen (secondary N) is 1. The number of sulfonamides is 1. The van der Waals surface area contributed by atoms with Gasteiger partial charge in [-0.1, -0.05) is 18.2 Å². The predicted octanol–water partition coefficient (Wildman–Crippen LogP) is 4.37. The van der Waals surface area contributed by atoms with E-state index in [0.717, 1.165) is 12.1 Å². The third-order valence-electron chi connectivity index (χ3n) is 3.02. The van der Waals surface area contributed by atoms with Crippen LogP contribution in [0.25, 0.3) is 0 Å². The van der Waals surface area contributed by atoms with E-state index in [0.29, 0.717) is 6.07 Å². The van der Waals surface area contributed by atoms with Gasteiger partial charge in [-0.2, -0.15) is 26.3 Å². The zero-order valence-electron chi connectivity index (χ0n) is 13.8. The zero-order chi connectivity index (χ0) is 21.0. The summed E-state index contributed by atoms with van der Waals surface area (Å²) in [7, 11) is -4.49. The average molecular weight is 429 g/mol. The van der Waals surface area contributed by atoms with Crippen molar-refractivity contribution >= 4 is 15.7 Å². The smallest absolute Gasteiger partial charge is 0.422 e. The van der Waals surface area contributed by atoms with E-state index < -0.39 is 52.0 Å². The van der Waals surface area contributed by atoms with Crippen LogP contribution in [0.4, 0.5) is 32.0 Å². The molecule has 1 N–H and O–H groups in total. The Balaban J connectivity index is 2.37. The third kappa shape index (κ3) is 6.83. The van der Waals surface area contributed by atoms with E-state index in [4.69, 9.17) is 0 Å². The molecule has 0 aromatic heterocycles. The van der Waals surface area contributed by atoms with Crippen LogP contribution in [0, 0.1) is 0 Å². The Bertz CT molecular complexity index is 898. The Hall–Kier alpha value is -2.63. The van der Waals surface area contributed by atoms with Crippen LogP contribution in [0.2, 0.25) is 0 Å². The van der Waals surface area contributed by atoms with Crippen molar-refractivity contribution in [2.75, 3.05) is 17.9 Å². The number of ether oxygens (including phenoxy) is 2. The highest BCUT2D eigenvalue weighted by Gasteiger charge is 2.31. The molecular weight excluding hydrogens is 416 g/mol. The molecule has 0 spiro atoms. The van der Waals surface area contributed by atoms with Gasteiger partial charge in [-0.3, -0.25) is 4.72 Å². The lowest BCUT2D eigenvalue weighted by Gasteiger charge is -2.16. The first-order valence-electron chi connectivity index (χ1n) is 7.47. The molecule has 0 saturated heterocycles. The van der Waals surface area contributed by atoms with Crippen molar-refractivity contribution in [3.05, 3.63) is 48.5 Å². The molecule has 2 aromatic carbocycles. The Morgan fingerprint density at radius 2 is 1.39 bits per heavy atom. The first-order valence-corrected chi connectivity index (χ1v) is 8.95. The van der Waals surface area contributed by atoms with Crippen molar-refractivity contribution in [1.29, 1.82) is 0 Å². The molecule has 0 aliphatic heterocycles. The second-order valence-electron chi connectivity index (χ2n) is 5.39. The van der Waals surface area contributed by atoms with Gasteiger partial charge in [0.25, 0.3) is 10.0 Å². The summed E-state index contributed by atoms with van der Waals surface area (Å²) in [5, 5.41) is 0. The fourth-order valence-electron chi connectivity index (χ4n) is 1.95. The Morgan fingerprint density at radius 1 is 0.821 bits per heavy atom. The molecule has 2 aromatic rings. The number of hydrogen-bond donors (Lipinski definition) is 1. The first kappa shape index (κ1) is 21.7. The summed E-state index contributed by atoms with van der Waals surface area (Å²) in [4.78, 5) is -0.805. The topological polar surface area (TPSA) is 64.6 Å². The fourth-order valence-corrected chi connectivity index (χ4v) is 3.17. The number of halogens is 6. The standard InChI is InChI=1S/C16H13F6NO4S/c17-15(18,19)9-26-12-6-7-13(27-10-16(20,21)22)14(8-12)28(24,25)23-11-4-2-1-3-5-11/h1-8,23H,9-10H2. The maximum Gasteiger partial charge on any atom is 0.422 e. The van der Waals surface area contributed by atoms with Gasteiger partial charge >= 0.3 is 12.4 Å². The number of alkyl halides is 6. The van der Waals surface area contributed by atoms with Crippen LogP contribution in [0.3, 0.4) is 0 Å². The van der Waals surface area contributed by atoms with Gasteiger partial charge in [-0.05, 0) is 24.3 Å². The quantitative estimate of drug-likeness (QED) is 0.664. The molecule has 0 aliphatic rings. The second-order valence-corrected chi connectivity index (χ2v) is 7.04. The molecule has 0 radical (unpaired) electrons. The molecule has 0 bridgehead atoms. The minimum Gasteiger partial charge on any atom is -0.484 e. The molecule has 0 saturated carbocycles. The average Bonchev–Trinajstić information content (AvgIpc) is 2.57. The Labute approximate surface area is 155 Å². The SMILES string of the molecule is O=S(=O)(Nc1ccccc1)c1cc(OCC(F)(F)F)ccc1OCC(F)(F)F. The highest BCUT2D eigenvalue weighted by molar-refractivity contribution is 7.92. The lowest BCUT2D eigenvalue weighted by molar-refractivity contribution is -0.154. The van der Waals surface area contributed by atoms with Crippen LogP contribution in [-0.2, 0) is 10.0 Å². The summed E-state index contributed by atoms with van der Waals surface area (Å²) in [6.45, 7) is -3.50. The minimum atomic E-state index is -4.75. The van der Waals surface area contributed by atoms with Gasteiger partial charge in [0.2, 0.25) is 0 Å². The van der Waals surface area contributed by atoms with E-state index >= 15 is 0 Å². The molecule has 0 unspecified atom stereocenters. The number of benzene rings is 2. The van der Waals surface area contributed by atoms with E-state index in [1.165, 1.54) is 24.3 Å². The van der Waals surface area contributed by atoms with Gasteiger partial charge < -0.3 is 9.47 Å². The third-order valence-corrected chi connectivity index (χ3v) is 4.43. The number of hydrogen-bond acceptors (Lipinski definition) is 4. The van der Waals surface area contributed by atoms with Crippen LogP contribution in [0.15, 0.2) is 53.4 Å². The molecule has 2 rings (SSSR count). The maximum absolute atomic E-state index is 12.6. The van der Waals surface area contributed by atoms with E-state index in [-0.39, 0.29) is 5.69 Å². The van der Waals surface area contributed by atoms with Crippen LogP contribution in [0.5, 0.6) is 11.5 Å². The van der Waals surface area contributed by atoms with Gasteiger partial charge in [0.1, 0.15) is 16.4 Å². The highest BCUT2D eigenvalue weighted by Crippen LogP contribution is 2.32. The molecule has 5 nitrogen and oxygen atoms in total. The molecule has 0 heterocycles. The molecule has 28 heavy (non-hydrogen) atoms. The summed E-state index contributed by atoms with van der Waals surface area (Å²) in [6, 6.07) is 9.67. The van der Waals surface area contributed by atoms with Gasteiger partial charge in [0.05, 0.1) is 0 Å². The van der Waals surface area contributed by atoms with Crippen LogP contribution >= 0.6 is 0 Å². The van der Waals surface area contributed by atoms with Crippen molar-refractivity contribution < 1.29 is 44.2 Å². The number of rotatable bonds is 7. The Morgan fingerprint density at radius 3 is 1.96 bits per heavy atom. The fraction of sp³-hybridized carbons (Fsp3) is 0.250. The molecular formula is C16H13F6NO4S. The monoisotopic (exact) mass is 429 g/mol. The van der Waals surface area contributed by atoms with E-state index in [9.17, 15) is 34.8 Å². The minimum absolute atomic E-state index is 0.0888.